The predicted octanol–water partition coefficient (Wildman–Crippen LogP) is 2.94. The first-order valence-electron chi connectivity index (χ1n) is 8.41. The van der Waals surface area contributed by atoms with Gasteiger partial charge in [0.1, 0.15) is 12.0 Å². The number of nitrogens with one attached hydrogen (secondary N) is 1. The van der Waals surface area contributed by atoms with E-state index in [1.807, 2.05) is 0 Å². The Kier molecular flexibility index (Phi) is 5.33. The molecular weight excluding hydrogens is 304 g/mol. The van der Waals surface area contributed by atoms with Crippen LogP contribution in [0.1, 0.15) is 46.2 Å². The Labute approximate surface area is 142 Å². The summed E-state index contributed by atoms with van der Waals surface area (Å²) in [4.78, 5) is 12.3. The second-order valence-corrected chi connectivity index (χ2v) is 6.32. The molecule has 0 saturated carbocycles. The van der Waals surface area contributed by atoms with Crippen LogP contribution in [-0.4, -0.2) is 19.1 Å². The number of carbonyl (C=O) groups excluding carboxylic acids is 1. The summed E-state index contributed by atoms with van der Waals surface area (Å²) in [5, 5.41) is 3.00. The number of furan rings is 1. The van der Waals surface area contributed by atoms with Crippen molar-refractivity contribution in [3.63, 3.8) is 0 Å². The van der Waals surface area contributed by atoms with Gasteiger partial charge in [-0.25, -0.2) is 0 Å². The highest BCUT2D eigenvalue weighted by atomic mass is 16.5. The molecule has 128 valence electrons. The molecule has 0 bridgehead atoms. The second-order valence-electron chi connectivity index (χ2n) is 6.32. The zero-order valence-electron chi connectivity index (χ0n) is 14.0. The van der Waals surface area contributed by atoms with Gasteiger partial charge in [0, 0.05) is 19.1 Å². The lowest BCUT2D eigenvalue weighted by Crippen LogP contribution is -2.35. The average molecular weight is 328 g/mol. The molecule has 1 aromatic heterocycles. The molecule has 0 spiro atoms. The van der Waals surface area contributed by atoms with Gasteiger partial charge in [-0.1, -0.05) is 29.8 Å². The van der Waals surface area contributed by atoms with Gasteiger partial charge in [0.2, 0.25) is 0 Å². The van der Waals surface area contributed by atoms with Gasteiger partial charge in [-0.3, -0.25) is 4.79 Å². The highest BCUT2D eigenvalue weighted by Crippen LogP contribution is 2.33. The summed E-state index contributed by atoms with van der Waals surface area (Å²) in [7, 11) is 0. The highest BCUT2D eigenvalue weighted by molar-refractivity contribution is 5.93. The Balaban J connectivity index is 1.63. The standard InChI is InChI=1S/C19H24N2O3/c1-13-4-6-14(7-5-13)18-15(3-2-8-23-18)11-21-19(22)16-9-17(10-20)24-12-16/h4-7,9,12,15,18H,2-3,8,10-11,20H2,1H3,(H,21,22). The van der Waals surface area contributed by atoms with Gasteiger partial charge < -0.3 is 20.2 Å². The van der Waals surface area contributed by atoms with Crippen LogP contribution in [0.4, 0.5) is 0 Å². The van der Waals surface area contributed by atoms with Gasteiger partial charge in [-0.15, -0.1) is 0 Å². The number of aryl methyl sites for hydroxylation is 1. The van der Waals surface area contributed by atoms with Gasteiger partial charge >= 0.3 is 0 Å². The third kappa shape index (κ3) is 3.86. The minimum absolute atomic E-state index is 0.0311. The Hall–Kier alpha value is -2.11. The third-order valence-electron chi connectivity index (χ3n) is 4.49. The molecule has 1 amide bonds. The average Bonchev–Trinajstić information content (AvgIpc) is 3.10. The Morgan fingerprint density at radius 3 is 2.83 bits per heavy atom. The fourth-order valence-electron chi connectivity index (χ4n) is 3.11. The molecule has 0 radical (unpaired) electrons. The van der Waals surface area contributed by atoms with Gasteiger partial charge in [0.05, 0.1) is 18.2 Å². The van der Waals surface area contributed by atoms with Crippen molar-refractivity contribution in [2.45, 2.75) is 32.4 Å². The monoisotopic (exact) mass is 328 g/mol. The zero-order valence-corrected chi connectivity index (χ0v) is 14.0. The summed E-state index contributed by atoms with van der Waals surface area (Å²) in [6, 6.07) is 10.1. The van der Waals surface area contributed by atoms with E-state index in [2.05, 4.69) is 36.5 Å². The molecule has 1 saturated heterocycles. The Bertz CT molecular complexity index is 678. The smallest absolute Gasteiger partial charge is 0.254 e. The number of hydrogen-bond acceptors (Lipinski definition) is 4. The molecule has 5 nitrogen and oxygen atoms in total. The molecule has 2 unspecified atom stereocenters. The van der Waals surface area contributed by atoms with Crippen molar-refractivity contribution < 1.29 is 13.9 Å². The molecule has 1 aliphatic rings. The molecule has 2 atom stereocenters. The molecule has 1 aliphatic heterocycles. The summed E-state index contributed by atoms with van der Waals surface area (Å²) in [6.45, 7) is 3.72. The van der Waals surface area contributed by atoms with Crippen LogP contribution in [0.25, 0.3) is 0 Å². The maximum atomic E-state index is 12.3. The van der Waals surface area contributed by atoms with E-state index in [0.29, 0.717) is 24.4 Å². The second kappa shape index (κ2) is 7.64. The van der Waals surface area contributed by atoms with E-state index >= 15 is 0 Å². The van der Waals surface area contributed by atoms with Gasteiger partial charge in [-0.2, -0.15) is 0 Å². The van der Waals surface area contributed by atoms with Crippen molar-refractivity contribution in [1.82, 2.24) is 5.32 Å². The Morgan fingerprint density at radius 2 is 2.12 bits per heavy atom. The van der Waals surface area contributed by atoms with Crippen molar-refractivity contribution >= 4 is 5.91 Å². The molecule has 3 rings (SSSR count). The lowest BCUT2D eigenvalue weighted by Gasteiger charge is -2.32. The van der Waals surface area contributed by atoms with E-state index < -0.39 is 0 Å². The summed E-state index contributed by atoms with van der Waals surface area (Å²) in [6.07, 6.45) is 3.54. The van der Waals surface area contributed by atoms with Crippen LogP contribution in [-0.2, 0) is 11.3 Å². The van der Waals surface area contributed by atoms with Crippen LogP contribution in [0, 0.1) is 12.8 Å². The lowest BCUT2D eigenvalue weighted by molar-refractivity contribution is -0.0272. The fraction of sp³-hybridized carbons (Fsp3) is 0.421. The van der Waals surface area contributed by atoms with E-state index in [1.165, 1.54) is 17.4 Å². The molecule has 2 aromatic rings. The van der Waals surface area contributed by atoms with Gasteiger partial charge in [0.25, 0.3) is 5.91 Å². The summed E-state index contributed by atoms with van der Waals surface area (Å²) in [5.74, 6) is 0.747. The molecule has 1 aromatic carbocycles. The van der Waals surface area contributed by atoms with Crippen LogP contribution < -0.4 is 11.1 Å². The SMILES string of the molecule is Cc1ccc(C2OCCCC2CNC(=O)c2coc(CN)c2)cc1. The highest BCUT2D eigenvalue weighted by Gasteiger charge is 2.28. The molecule has 24 heavy (non-hydrogen) atoms. The number of carbonyl (C=O) groups is 1. The first kappa shape index (κ1) is 16.7. The maximum absolute atomic E-state index is 12.3. The normalized spacial score (nSPS) is 20.8. The van der Waals surface area contributed by atoms with Crippen LogP contribution in [0.2, 0.25) is 0 Å². The van der Waals surface area contributed by atoms with Crippen molar-refractivity contribution in [3.8, 4) is 0 Å². The van der Waals surface area contributed by atoms with Gasteiger partial charge in [0.15, 0.2) is 0 Å². The van der Waals surface area contributed by atoms with Crippen LogP contribution >= 0.6 is 0 Å². The number of hydrogen-bond donors (Lipinski definition) is 2. The predicted molar refractivity (Wildman–Crippen MR) is 91.5 cm³/mol. The molecule has 2 heterocycles. The molecule has 3 N–H and O–H groups in total. The van der Waals surface area contributed by atoms with Crippen LogP contribution in [0.3, 0.4) is 0 Å². The third-order valence-corrected chi connectivity index (χ3v) is 4.49. The minimum Gasteiger partial charge on any atom is -0.467 e. The lowest BCUT2D eigenvalue weighted by atomic mass is 9.89. The van der Waals surface area contributed by atoms with Crippen molar-refractivity contribution in [3.05, 3.63) is 59.0 Å². The first-order valence-corrected chi connectivity index (χ1v) is 8.41. The van der Waals surface area contributed by atoms with Gasteiger partial charge in [-0.05, 0) is 31.4 Å². The molecule has 0 aliphatic carbocycles. The number of nitrogens with two attached hydrogens (primary N) is 1. The largest absolute Gasteiger partial charge is 0.467 e. The zero-order chi connectivity index (χ0) is 16.9. The van der Waals surface area contributed by atoms with E-state index in [0.717, 1.165) is 19.4 Å². The molecule has 5 heteroatoms. The number of rotatable bonds is 5. The van der Waals surface area contributed by atoms with E-state index in [9.17, 15) is 4.79 Å². The van der Waals surface area contributed by atoms with E-state index in [-0.39, 0.29) is 17.9 Å². The summed E-state index contributed by atoms with van der Waals surface area (Å²) in [5.41, 5.74) is 8.42. The molecule has 1 fully saturated rings. The topological polar surface area (TPSA) is 77.5 Å². The number of amides is 1. The minimum atomic E-state index is -0.133. The van der Waals surface area contributed by atoms with Crippen molar-refractivity contribution in [2.75, 3.05) is 13.2 Å². The maximum Gasteiger partial charge on any atom is 0.254 e. The fourth-order valence-corrected chi connectivity index (χ4v) is 3.11. The van der Waals surface area contributed by atoms with E-state index in [4.69, 9.17) is 14.9 Å². The van der Waals surface area contributed by atoms with Crippen LogP contribution in [0.5, 0.6) is 0 Å². The van der Waals surface area contributed by atoms with E-state index in [1.54, 1.807) is 6.07 Å². The molecular formula is C19H24N2O3. The quantitative estimate of drug-likeness (QED) is 0.884. The Morgan fingerprint density at radius 1 is 1.33 bits per heavy atom. The summed E-state index contributed by atoms with van der Waals surface area (Å²) >= 11 is 0. The summed E-state index contributed by atoms with van der Waals surface area (Å²) < 4.78 is 11.2. The van der Waals surface area contributed by atoms with Crippen molar-refractivity contribution in [1.29, 1.82) is 0 Å². The number of benzene rings is 1. The number of ether oxygens (including phenoxy) is 1. The first-order chi connectivity index (χ1) is 11.7. The van der Waals surface area contributed by atoms with Crippen LogP contribution in [0.15, 0.2) is 41.0 Å². The van der Waals surface area contributed by atoms with Crippen molar-refractivity contribution in [2.24, 2.45) is 11.7 Å².